The Morgan fingerprint density at radius 1 is 1.20 bits per heavy atom. The van der Waals surface area contributed by atoms with Crippen molar-refractivity contribution in [3.8, 4) is 11.6 Å². The summed E-state index contributed by atoms with van der Waals surface area (Å²) in [5, 5.41) is 10.8. The molecule has 0 radical (unpaired) electrons. The number of ether oxygens (including phenoxy) is 1. The third-order valence-electron chi connectivity index (χ3n) is 2.57. The van der Waals surface area contributed by atoms with Gasteiger partial charge in [0.25, 0.3) is 11.6 Å². The number of nitro groups is 1. The van der Waals surface area contributed by atoms with Crippen LogP contribution in [0.25, 0.3) is 0 Å². The summed E-state index contributed by atoms with van der Waals surface area (Å²) >= 11 is 11.9. The van der Waals surface area contributed by atoms with Crippen LogP contribution in [0.1, 0.15) is 11.4 Å². The molecule has 0 fully saturated rings. The van der Waals surface area contributed by atoms with Gasteiger partial charge >= 0.3 is 0 Å². The lowest BCUT2D eigenvalue weighted by molar-refractivity contribution is -0.384. The minimum Gasteiger partial charge on any atom is -0.435 e. The van der Waals surface area contributed by atoms with Crippen LogP contribution >= 0.6 is 23.2 Å². The van der Waals surface area contributed by atoms with Crippen molar-refractivity contribution in [3.63, 3.8) is 0 Å². The number of aromatic nitrogens is 2. The van der Waals surface area contributed by atoms with Crippen molar-refractivity contribution in [1.82, 2.24) is 9.97 Å². The molecule has 0 atom stereocenters. The largest absolute Gasteiger partial charge is 0.435 e. The number of hydrogen-bond donors (Lipinski definition) is 0. The molecule has 2 aromatic rings. The van der Waals surface area contributed by atoms with E-state index in [-0.39, 0.29) is 27.5 Å². The minimum absolute atomic E-state index is 0.0929. The van der Waals surface area contributed by atoms with Crippen molar-refractivity contribution >= 4 is 28.9 Å². The van der Waals surface area contributed by atoms with Crippen LogP contribution in [0, 0.1) is 24.0 Å². The van der Waals surface area contributed by atoms with Gasteiger partial charge in [0.15, 0.2) is 5.15 Å². The van der Waals surface area contributed by atoms with E-state index >= 15 is 0 Å². The van der Waals surface area contributed by atoms with Crippen molar-refractivity contribution in [2.24, 2.45) is 0 Å². The average molecular weight is 314 g/mol. The molecule has 20 heavy (non-hydrogen) atoms. The molecule has 0 saturated heterocycles. The maximum atomic E-state index is 10.6. The van der Waals surface area contributed by atoms with Crippen LogP contribution in [0.15, 0.2) is 18.2 Å². The minimum atomic E-state index is -0.543. The highest BCUT2D eigenvalue weighted by Gasteiger charge is 2.14. The van der Waals surface area contributed by atoms with E-state index in [0.717, 1.165) is 0 Å². The van der Waals surface area contributed by atoms with Crippen LogP contribution in [0.4, 0.5) is 5.69 Å². The topological polar surface area (TPSA) is 78.2 Å². The molecule has 0 bridgehead atoms. The predicted octanol–water partition coefficient (Wildman–Crippen LogP) is 4.10. The van der Waals surface area contributed by atoms with Gasteiger partial charge < -0.3 is 4.74 Å². The number of aryl methyl sites for hydroxylation is 2. The molecule has 2 rings (SSSR count). The Balaban J connectivity index is 2.35. The molecule has 0 aliphatic carbocycles. The van der Waals surface area contributed by atoms with Gasteiger partial charge in [-0.25, -0.2) is 9.97 Å². The van der Waals surface area contributed by atoms with E-state index in [4.69, 9.17) is 27.9 Å². The zero-order valence-electron chi connectivity index (χ0n) is 10.6. The molecule has 104 valence electrons. The summed E-state index contributed by atoms with van der Waals surface area (Å²) < 4.78 is 5.45. The van der Waals surface area contributed by atoms with Gasteiger partial charge in [0, 0.05) is 12.1 Å². The number of nitrogens with zero attached hydrogens (tertiary/aromatic N) is 3. The van der Waals surface area contributed by atoms with Gasteiger partial charge in [-0.1, -0.05) is 23.2 Å². The molecule has 0 unspecified atom stereocenters. The Hall–Kier alpha value is -1.92. The molecular weight excluding hydrogens is 305 g/mol. The number of nitro benzene ring substituents is 1. The van der Waals surface area contributed by atoms with Crippen molar-refractivity contribution in [2.75, 3.05) is 0 Å². The molecule has 0 aliphatic heterocycles. The first kappa shape index (κ1) is 14.5. The van der Waals surface area contributed by atoms with Crippen LogP contribution in [0.5, 0.6) is 11.6 Å². The summed E-state index contributed by atoms with van der Waals surface area (Å²) in [6.07, 6.45) is 0. The highest BCUT2D eigenvalue weighted by molar-refractivity contribution is 6.32. The van der Waals surface area contributed by atoms with E-state index < -0.39 is 4.92 Å². The quantitative estimate of drug-likeness (QED) is 0.629. The first-order valence-electron chi connectivity index (χ1n) is 5.51. The van der Waals surface area contributed by atoms with Crippen LogP contribution in [0.3, 0.4) is 0 Å². The maximum absolute atomic E-state index is 10.6. The predicted molar refractivity (Wildman–Crippen MR) is 74.7 cm³/mol. The lowest BCUT2D eigenvalue weighted by Crippen LogP contribution is -1.98. The SMILES string of the molecule is Cc1nc(Cl)c(Oc2ccc([N+](=O)[O-])cc2Cl)nc1C. The summed E-state index contributed by atoms with van der Waals surface area (Å²) in [7, 11) is 0. The third-order valence-corrected chi connectivity index (χ3v) is 3.11. The lowest BCUT2D eigenvalue weighted by atomic mass is 10.3. The monoisotopic (exact) mass is 313 g/mol. The van der Waals surface area contributed by atoms with Gasteiger partial charge in [-0.05, 0) is 19.9 Å². The molecule has 0 aliphatic rings. The number of rotatable bonds is 3. The Kier molecular flexibility index (Phi) is 4.06. The fraction of sp³-hybridized carbons (Fsp3) is 0.167. The normalized spacial score (nSPS) is 10.4. The van der Waals surface area contributed by atoms with Crippen molar-refractivity contribution in [2.45, 2.75) is 13.8 Å². The molecule has 0 spiro atoms. The summed E-state index contributed by atoms with van der Waals surface area (Å²) in [6, 6.07) is 3.86. The summed E-state index contributed by atoms with van der Waals surface area (Å²) in [6.45, 7) is 3.54. The Labute approximate surface area is 124 Å². The van der Waals surface area contributed by atoms with Gasteiger partial charge in [0.2, 0.25) is 0 Å². The van der Waals surface area contributed by atoms with E-state index in [9.17, 15) is 10.1 Å². The van der Waals surface area contributed by atoms with Crippen LogP contribution < -0.4 is 4.74 Å². The highest BCUT2D eigenvalue weighted by atomic mass is 35.5. The number of hydrogen-bond acceptors (Lipinski definition) is 5. The highest BCUT2D eigenvalue weighted by Crippen LogP contribution is 2.34. The Bertz CT molecular complexity index is 692. The van der Waals surface area contributed by atoms with Gasteiger partial charge in [0.05, 0.1) is 21.3 Å². The molecule has 6 nitrogen and oxygen atoms in total. The van der Waals surface area contributed by atoms with E-state index in [1.165, 1.54) is 18.2 Å². The zero-order valence-corrected chi connectivity index (χ0v) is 12.1. The molecule has 0 N–H and O–H groups in total. The average Bonchev–Trinajstić information content (AvgIpc) is 2.37. The zero-order chi connectivity index (χ0) is 14.9. The third kappa shape index (κ3) is 2.97. The molecule has 8 heteroatoms. The standard InChI is InChI=1S/C12H9Cl2N3O3/c1-6-7(2)16-12(11(14)15-6)20-10-4-3-8(17(18)19)5-9(10)13/h3-5H,1-2H3. The van der Waals surface area contributed by atoms with Crippen molar-refractivity contribution < 1.29 is 9.66 Å². The smallest absolute Gasteiger partial charge is 0.271 e. The second-order valence-electron chi connectivity index (χ2n) is 3.96. The molecule has 0 amide bonds. The second kappa shape index (κ2) is 5.60. The molecule has 1 aromatic carbocycles. The van der Waals surface area contributed by atoms with Gasteiger partial charge in [-0.3, -0.25) is 10.1 Å². The van der Waals surface area contributed by atoms with E-state index in [1.807, 2.05) is 0 Å². The second-order valence-corrected chi connectivity index (χ2v) is 4.73. The number of non-ortho nitro benzene ring substituents is 1. The van der Waals surface area contributed by atoms with Crippen molar-refractivity contribution in [3.05, 3.63) is 49.9 Å². The molecule has 1 heterocycles. The molecule has 1 aromatic heterocycles. The first-order valence-corrected chi connectivity index (χ1v) is 6.26. The lowest BCUT2D eigenvalue weighted by Gasteiger charge is -2.09. The Morgan fingerprint density at radius 2 is 1.85 bits per heavy atom. The van der Waals surface area contributed by atoms with Gasteiger partial charge in [-0.15, -0.1) is 0 Å². The summed E-state index contributed by atoms with van der Waals surface area (Å²) in [5.74, 6) is 0.322. The van der Waals surface area contributed by atoms with Crippen LogP contribution in [-0.4, -0.2) is 14.9 Å². The fourth-order valence-corrected chi connectivity index (χ4v) is 1.83. The number of benzene rings is 1. The molecule has 0 saturated carbocycles. The van der Waals surface area contributed by atoms with E-state index in [1.54, 1.807) is 13.8 Å². The van der Waals surface area contributed by atoms with E-state index in [0.29, 0.717) is 11.4 Å². The van der Waals surface area contributed by atoms with Gasteiger partial charge in [0.1, 0.15) is 5.75 Å². The van der Waals surface area contributed by atoms with E-state index in [2.05, 4.69) is 9.97 Å². The number of halogens is 2. The summed E-state index contributed by atoms with van der Waals surface area (Å²) in [5.41, 5.74) is 1.24. The maximum Gasteiger partial charge on any atom is 0.271 e. The fourth-order valence-electron chi connectivity index (χ4n) is 1.41. The Morgan fingerprint density at radius 3 is 2.45 bits per heavy atom. The molecular formula is C12H9Cl2N3O3. The van der Waals surface area contributed by atoms with Gasteiger partial charge in [-0.2, -0.15) is 0 Å². The van der Waals surface area contributed by atoms with Crippen LogP contribution in [-0.2, 0) is 0 Å². The first-order chi connectivity index (χ1) is 9.38. The van der Waals surface area contributed by atoms with Crippen molar-refractivity contribution in [1.29, 1.82) is 0 Å². The summed E-state index contributed by atoms with van der Waals surface area (Å²) in [4.78, 5) is 18.3. The van der Waals surface area contributed by atoms with Crippen LogP contribution in [0.2, 0.25) is 10.2 Å².